The van der Waals surface area contributed by atoms with Crippen molar-refractivity contribution in [3.8, 4) is 0 Å². The lowest BCUT2D eigenvalue weighted by atomic mass is 9.75. The Morgan fingerprint density at radius 2 is 1.75 bits per heavy atom. The molecule has 5 nitrogen and oxygen atoms in total. The van der Waals surface area contributed by atoms with Gasteiger partial charge in [-0.2, -0.15) is 13.2 Å². The fourth-order valence-corrected chi connectivity index (χ4v) is 4.11. The lowest BCUT2D eigenvalue weighted by Gasteiger charge is -2.41. The third-order valence-corrected chi connectivity index (χ3v) is 5.80. The molecule has 0 amide bonds. The predicted octanol–water partition coefficient (Wildman–Crippen LogP) is 3.29. The molecule has 2 heterocycles. The maximum absolute atomic E-state index is 12.7. The molecule has 0 atom stereocenters. The number of halogens is 3. The highest BCUT2D eigenvalue weighted by Crippen LogP contribution is 2.39. The quantitative estimate of drug-likeness (QED) is 0.838. The molecule has 1 aliphatic heterocycles. The van der Waals surface area contributed by atoms with Crippen molar-refractivity contribution in [2.45, 2.75) is 49.9 Å². The van der Waals surface area contributed by atoms with Gasteiger partial charge in [-0.25, -0.2) is 4.98 Å². The largest absolute Gasteiger partial charge is 0.416 e. The first-order valence-corrected chi connectivity index (χ1v) is 9.61. The molecule has 1 aromatic heterocycles. The van der Waals surface area contributed by atoms with Crippen molar-refractivity contribution < 1.29 is 13.2 Å². The molecule has 8 heteroatoms. The third kappa shape index (κ3) is 4.22. The van der Waals surface area contributed by atoms with E-state index in [1.54, 1.807) is 12.1 Å². The number of benzene rings is 1. The van der Waals surface area contributed by atoms with Gasteiger partial charge < -0.3 is 15.2 Å². The zero-order valence-electron chi connectivity index (χ0n) is 15.4. The molecule has 1 saturated heterocycles. The zero-order valence-corrected chi connectivity index (χ0v) is 15.4. The van der Waals surface area contributed by atoms with Gasteiger partial charge in [-0.15, -0.1) is 0 Å². The summed E-state index contributed by atoms with van der Waals surface area (Å²) in [5.41, 5.74) is 0.252. The van der Waals surface area contributed by atoms with Crippen LogP contribution in [0.5, 0.6) is 0 Å². The Kier molecular flexibility index (Phi) is 5.14. The second-order valence-corrected chi connectivity index (χ2v) is 7.68. The first-order chi connectivity index (χ1) is 13.4. The van der Waals surface area contributed by atoms with Crippen LogP contribution < -0.4 is 15.8 Å². The number of nitrogens with one attached hydrogen (secondary N) is 2. The molecule has 2 N–H and O–H groups in total. The Morgan fingerprint density at radius 1 is 1.07 bits per heavy atom. The van der Waals surface area contributed by atoms with E-state index in [1.165, 1.54) is 24.5 Å². The van der Waals surface area contributed by atoms with Crippen molar-refractivity contribution in [3.63, 3.8) is 0 Å². The SMILES string of the molecule is O=c1cc(N2CCC(NC3CC(c4ccc(C(F)(F)F)cc4)C3)CC2)nc[nH]1. The highest BCUT2D eigenvalue weighted by Gasteiger charge is 2.34. The summed E-state index contributed by atoms with van der Waals surface area (Å²) in [6.45, 7) is 1.70. The molecule has 1 aliphatic carbocycles. The highest BCUT2D eigenvalue weighted by atomic mass is 19.4. The fourth-order valence-electron chi connectivity index (χ4n) is 4.11. The van der Waals surface area contributed by atoms with Crippen LogP contribution in [0.4, 0.5) is 19.0 Å². The second-order valence-electron chi connectivity index (χ2n) is 7.68. The number of aromatic amines is 1. The van der Waals surface area contributed by atoms with Crippen molar-refractivity contribution in [3.05, 3.63) is 58.1 Å². The van der Waals surface area contributed by atoms with E-state index in [0.29, 0.717) is 23.8 Å². The number of nitrogens with zero attached hydrogens (tertiary/aromatic N) is 2. The van der Waals surface area contributed by atoms with Gasteiger partial charge in [-0.05, 0) is 49.3 Å². The standard InChI is InChI=1S/C20H23F3N4O/c21-20(22,23)15-3-1-13(2-4-15)14-9-17(10-14)26-16-5-7-27(8-6-16)18-11-19(28)25-12-24-18/h1-4,11-12,14,16-17,26H,5-10H2,(H,24,25,28). The van der Waals surface area contributed by atoms with Crippen LogP contribution in [-0.4, -0.2) is 35.1 Å². The number of rotatable bonds is 4. The number of hydrogen-bond acceptors (Lipinski definition) is 4. The fraction of sp³-hybridized carbons (Fsp3) is 0.500. The lowest BCUT2D eigenvalue weighted by Crippen LogP contribution is -2.50. The summed E-state index contributed by atoms with van der Waals surface area (Å²) in [6, 6.07) is 7.93. The Labute approximate surface area is 161 Å². The summed E-state index contributed by atoms with van der Waals surface area (Å²) in [6.07, 6.45) is 1.03. The number of aromatic nitrogens is 2. The van der Waals surface area contributed by atoms with Gasteiger partial charge in [0.25, 0.3) is 5.56 Å². The smallest absolute Gasteiger partial charge is 0.356 e. The molecular weight excluding hydrogens is 369 g/mol. The van der Waals surface area contributed by atoms with E-state index in [-0.39, 0.29) is 5.56 Å². The first kappa shape index (κ1) is 19.0. The van der Waals surface area contributed by atoms with Crippen LogP contribution in [0.3, 0.4) is 0 Å². The van der Waals surface area contributed by atoms with E-state index in [0.717, 1.165) is 44.3 Å². The topological polar surface area (TPSA) is 61.0 Å². The van der Waals surface area contributed by atoms with Crippen LogP contribution in [0.2, 0.25) is 0 Å². The summed E-state index contributed by atoms with van der Waals surface area (Å²) >= 11 is 0. The Balaban J connectivity index is 1.23. The van der Waals surface area contributed by atoms with Crippen molar-refractivity contribution in [2.24, 2.45) is 0 Å². The molecule has 1 aromatic carbocycles. The maximum Gasteiger partial charge on any atom is 0.416 e. The van der Waals surface area contributed by atoms with E-state index in [1.807, 2.05) is 0 Å². The third-order valence-electron chi connectivity index (χ3n) is 5.80. The number of alkyl halides is 3. The molecular formula is C20H23F3N4O. The van der Waals surface area contributed by atoms with Gasteiger partial charge in [0.05, 0.1) is 11.9 Å². The second kappa shape index (κ2) is 7.58. The normalized spacial score (nSPS) is 23.5. The van der Waals surface area contributed by atoms with Crippen molar-refractivity contribution in [1.29, 1.82) is 0 Å². The van der Waals surface area contributed by atoms with Crippen LogP contribution >= 0.6 is 0 Å². The Hall–Kier alpha value is -2.35. The monoisotopic (exact) mass is 392 g/mol. The van der Waals surface area contributed by atoms with Crippen LogP contribution in [-0.2, 0) is 6.18 Å². The molecule has 2 fully saturated rings. The summed E-state index contributed by atoms with van der Waals surface area (Å²) in [5, 5.41) is 3.68. The minimum atomic E-state index is -4.28. The van der Waals surface area contributed by atoms with E-state index >= 15 is 0 Å². The van der Waals surface area contributed by atoms with Gasteiger partial charge in [0.1, 0.15) is 5.82 Å². The Morgan fingerprint density at radius 3 is 2.36 bits per heavy atom. The molecule has 4 rings (SSSR count). The van der Waals surface area contributed by atoms with Crippen molar-refractivity contribution in [2.75, 3.05) is 18.0 Å². The molecule has 0 spiro atoms. The number of piperidine rings is 1. The molecule has 2 aromatic rings. The van der Waals surface area contributed by atoms with Gasteiger partial charge in [-0.1, -0.05) is 12.1 Å². The summed E-state index contributed by atoms with van der Waals surface area (Å²) in [5.74, 6) is 1.05. The van der Waals surface area contributed by atoms with Gasteiger partial charge in [0, 0.05) is 31.2 Å². The molecule has 1 saturated carbocycles. The molecule has 0 radical (unpaired) electrons. The molecule has 28 heavy (non-hydrogen) atoms. The first-order valence-electron chi connectivity index (χ1n) is 9.61. The Bertz CT molecular complexity index is 851. The molecule has 0 unspecified atom stereocenters. The average Bonchev–Trinajstić information content (AvgIpc) is 2.64. The van der Waals surface area contributed by atoms with Gasteiger partial charge in [0.2, 0.25) is 0 Å². The zero-order chi connectivity index (χ0) is 19.7. The van der Waals surface area contributed by atoms with E-state index in [4.69, 9.17) is 0 Å². The minimum Gasteiger partial charge on any atom is -0.356 e. The van der Waals surface area contributed by atoms with E-state index < -0.39 is 11.7 Å². The molecule has 150 valence electrons. The van der Waals surface area contributed by atoms with Crippen LogP contribution in [0.25, 0.3) is 0 Å². The van der Waals surface area contributed by atoms with Gasteiger partial charge >= 0.3 is 6.18 Å². The van der Waals surface area contributed by atoms with Crippen LogP contribution in [0, 0.1) is 0 Å². The predicted molar refractivity (Wildman–Crippen MR) is 100 cm³/mol. The minimum absolute atomic E-state index is 0.144. The number of H-pyrrole nitrogens is 1. The molecule has 0 bridgehead atoms. The maximum atomic E-state index is 12.7. The number of anilines is 1. The average molecular weight is 392 g/mol. The van der Waals surface area contributed by atoms with Crippen molar-refractivity contribution >= 4 is 5.82 Å². The van der Waals surface area contributed by atoms with Gasteiger partial charge in [0.15, 0.2) is 0 Å². The molecule has 2 aliphatic rings. The van der Waals surface area contributed by atoms with E-state index in [2.05, 4.69) is 20.2 Å². The van der Waals surface area contributed by atoms with Crippen LogP contribution in [0.1, 0.15) is 42.7 Å². The summed E-state index contributed by atoms with van der Waals surface area (Å²) in [7, 11) is 0. The van der Waals surface area contributed by atoms with E-state index in [9.17, 15) is 18.0 Å². The summed E-state index contributed by atoms with van der Waals surface area (Å²) < 4.78 is 38.0. The number of hydrogen-bond donors (Lipinski definition) is 2. The lowest BCUT2D eigenvalue weighted by molar-refractivity contribution is -0.137. The van der Waals surface area contributed by atoms with Crippen LogP contribution in [0.15, 0.2) is 41.5 Å². The summed E-state index contributed by atoms with van der Waals surface area (Å²) in [4.78, 5) is 20.3. The van der Waals surface area contributed by atoms with Gasteiger partial charge in [-0.3, -0.25) is 4.79 Å². The highest BCUT2D eigenvalue weighted by molar-refractivity contribution is 5.37. The van der Waals surface area contributed by atoms with Crippen molar-refractivity contribution in [1.82, 2.24) is 15.3 Å².